The second-order valence-electron chi connectivity index (χ2n) is 3.71. The van der Waals surface area contributed by atoms with Crippen LogP contribution in [0.2, 0.25) is 0 Å². The lowest BCUT2D eigenvalue weighted by Gasteiger charge is -2.23. The van der Waals surface area contributed by atoms with Crippen molar-refractivity contribution in [1.82, 2.24) is 9.25 Å². The van der Waals surface area contributed by atoms with Crippen LogP contribution in [0.3, 0.4) is 0 Å². The highest BCUT2D eigenvalue weighted by atomic mass is 32.2. The molecule has 11 heteroatoms. The van der Waals surface area contributed by atoms with Gasteiger partial charge in [-0.2, -0.15) is 13.2 Å². The zero-order valence-electron chi connectivity index (χ0n) is 10.4. The number of hydrogen-bond donors (Lipinski definition) is 1. The van der Waals surface area contributed by atoms with Gasteiger partial charge >= 0.3 is 6.30 Å². The predicted molar refractivity (Wildman–Crippen MR) is 68.6 cm³/mol. The van der Waals surface area contributed by atoms with E-state index >= 15 is 0 Å². The molecule has 1 rings (SSSR count). The SMILES string of the molecule is C=CCS(=O)(=O)N(NS(=O)(=O)c1ccccc1)C(F)(F)F. The Bertz CT molecular complexity index is 700. The monoisotopic (exact) mass is 344 g/mol. The van der Waals surface area contributed by atoms with E-state index in [1.165, 1.54) is 18.2 Å². The van der Waals surface area contributed by atoms with Crippen LogP contribution in [0.5, 0.6) is 0 Å². The van der Waals surface area contributed by atoms with Crippen LogP contribution >= 0.6 is 0 Å². The summed E-state index contributed by atoms with van der Waals surface area (Å²) >= 11 is 0. The standard InChI is InChI=1S/C10H11F3N2O4S2/c1-2-8-20(16,17)15(10(11,12)13)14-21(18,19)9-6-4-3-5-7-9/h2-7,14H,1,8H2. The Hall–Kier alpha value is -1.43. The number of rotatable bonds is 6. The molecule has 0 radical (unpaired) electrons. The number of nitrogens with one attached hydrogen (secondary N) is 1. The molecule has 0 saturated heterocycles. The van der Waals surface area contributed by atoms with E-state index in [2.05, 4.69) is 6.58 Å². The van der Waals surface area contributed by atoms with Gasteiger partial charge in [0.1, 0.15) is 0 Å². The highest BCUT2D eigenvalue weighted by Crippen LogP contribution is 2.24. The van der Waals surface area contributed by atoms with E-state index in [0.29, 0.717) is 6.08 Å². The van der Waals surface area contributed by atoms with Crippen molar-refractivity contribution >= 4 is 20.0 Å². The van der Waals surface area contributed by atoms with Crippen LogP contribution in [0, 0.1) is 0 Å². The molecule has 1 aromatic carbocycles. The Balaban J connectivity index is 3.24. The molecule has 0 unspecified atom stereocenters. The van der Waals surface area contributed by atoms with Crippen molar-refractivity contribution < 1.29 is 30.0 Å². The van der Waals surface area contributed by atoms with E-state index in [9.17, 15) is 30.0 Å². The van der Waals surface area contributed by atoms with Crippen molar-refractivity contribution in [3.05, 3.63) is 43.0 Å². The first-order chi connectivity index (χ1) is 9.50. The number of halogens is 3. The quantitative estimate of drug-likeness (QED) is 0.478. The highest BCUT2D eigenvalue weighted by Gasteiger charge is 2.48. The lowest BCUT2D eigenvalue weighted by Crippen LogP contribution is -2.54. The molecule has 0 aromatic heterocycles. The summed E-state index contributed by atoms with van der Waals surface area (Å²) in [5.74, 6) is -1.08. The van der Waals surface area contributed by atoms with Crippen LogP contribution in [0.4, 0.5) is 13.2 Å². The fraction of sp³-hybridized carbons (Fsp3) is 0.200. The first-order valence-corrected chi connectivity index (χ1v) is 8.38. The lowest BCUT2D eigenvalue weighted by atomic mass is 10.4. The minimum Gasteiger partial charge on any atom is -0.210 e. The van der Waals surface area contributed by atoms with Crippen molar-refractivity contribution in [1.29, 1.82) is 0 Å². The number of hydrogen-bond acceptors (Lipinski definition) is 4. The minimum absolute atomic E-state index is 0.506. The first-order valence-electron chi connectivity index (χ1n) is 5.29. The summed E-state index contributed by atoms with van der Waals surface area (Å²) in [6.45, 7) is 3.01. The molecule has 21 heavy (non-hydrogen) atoms. The Morgan fingerprint density at radius 2 is 1.67 bits per heavy atom. The molecule has 0 aliphatic rings. The van der Waals surface area contributed by atoms with Gasteiger partial charge in [-0.3, -0.25) is 0 Å². The molecule has 0 spiro atoms. The Morgan fingerprint density at radius 3 is 2.10 bits per heavy atom. The van der Waals surface area contributed by atoms with E-state index in [-0.39, 0.29) is 0 Å². The smallest absolute Gasteiger partial charge is 0.210 e. The van der Waals surface area contributed by atoms with Crippen molar-refractivity contribution in [2.45, 2.75) is 11.2 Å². The molecule has 0 heterocycles. The maximum Gasteiger partial charge on any atom is 0.488 e. The number of alkyl halides is 3. The van der Waals surface area contributed by atoms with Crippen LogP contribution in [0.1, 0.15) is 0 Å². The first kappa shape index (κ1) is 17.6. The molecule has 0 fully saturated rings. The average molecular weight is 344 g/mol. The van der Waals surface area contributed by atoms with Crippen LogP contribution in [-0.4, -0.2) is 33.3 Å². The van der Waals surface area contributed by atoms with Crippen molar-refractivity contribution in [2.24, 2.45) is 0 Å². The third-order valence-electron chi connectivity index (χ3n) is 2.09. The van der Waals surface area contributed by atoms with Gasteiger partial charge in [-0.05, 0) is 16.5 Å². The summed E-state index contributed by atoms with van der Waals surface area (Å²) in [6.07, 6.45) is -4.74. The third-order valence-corrected chi connectivity index (χ3v) is 5.04. The van der Waals surface area contributed by atoms with Gasteiger partial charge in [0.25, 0.3) is 10.0 Å². The Kier molecular flexibility index (Phi) is 5.15. The van der Waals surface area contributed by atoms with E-state index in [0.717, 1.165) is 17.0 Å². The highest BCUT2D eigenvalue weighted by molar-refractivity contribution is 7.92. The van der Waals surface area contributed by atoms with Gasteiger partial charge < -0.3 is 0 Å². The lowest BCUT2D eigenvalue weighted by molar-refractivity contribution is -0.217. The van der Waals surface area contributed by atoms with Gasteiger partial charge in [-0.1, -0.05) is 24.3 Å². The summed E-state index contributed by atoms with van der Waals surface area (Å²) in [5, 5.41) is 0. The van der Waals surface area contributed by atoms with E-state index in [1.807, 2.05) is 0 Å². The van der Waals surface area contributed by atoms with Gasteiger partial charge in [-0.15, -0.1) is 11.4 Å². The molecule has 1 aromatic rings. The van der Waals surface area contributed by atoms with Crippen LogP contribution in [-0.2, 0) is 20.0 Å². The molecule has 0 atom stereocenters. The zero-order chi connectivity index (χ0) is 16.3. The number of nitrogens with zero attached hydrogens (tertiary/aromatic N) is 1. The van der Waals surface area contributed by atoms with Crippen molar-refractivity contribution in [3.63, 3.8) is 0 Å². The topological polar surface area (TPSA) is 83.6 Å². The van der Waals surface area contributed by atoms with E-state index in [1.54, 1.807) is 0 Å². The van der Waals surface area contributed by atoms with Crippen LogP contribution in [0.15, 0.2) is 47.9 Å². The maximum atomic E-state index is 12.8. The van der Waals surface area contributed by atoms with E-state index < -0.39 is 41.4 Å². The normalized spacial score (nSPS) is 13.3. The maximum absolute atomic E-state index is 12.8. The molecule has 1 N–H and O–H groups in total. The van der Waals surface area contributed by atoms with Crippen LogP contribution in [0.25, 0.3) is 0 Å². The molecular weight excluding hydrogens is 333 g/mol. The number of benzene rings is 1. The summed E-state index contributed by atoms with van der Waals surface area (Å²) < 4.78 is 83.6. The van der Waals surface area contributed by atoms with E-state index in [4.69, 9.17) is 0 Å². The third kappa shape index (κ3) is 4.52. The fourth-order valence-electron chi connectivity index (χ4n) is 1.25. The van der Waals surface area contributed by atoms with Crippen molar-refractivity contribution in [2.75, 3.05) is 5.75 Å². The fourth-order valence-corrected chi connectivity index (χ4v) is 3.70. The summed E-state index contributed by atoms with van der Waals surface area (Å²) in [7, 11) is -9.67. The summed E-state index contributed by atoms with van der Waals surface area (Å²) in [6, 6.07) is 6.07. The molecular formula is C10H11F3N2O4S2. The van der Waals surface area contributed by atoms with Gasteiger partial charge in [-0.25, -0.2) is 16.8 Å². The summed E-state index contributed by atoms with van der Waals surface area (Å²) in [4.78, 5) is 0.513. The number of sulfonamides is 2. The summed E-state index contributed by atoms with van der Waals surface area (Å²) in [5.41, 5.74) is 0. The zero-order valence-corrected chi connectivity index (χ0v) is 12.0. The molecule has 0 bridgehead atoms. The van der Waals surface area contributed by atoms with Gasteiger partial charge in [0.15, 0.2) is 0 Å². The average Bonchev–Trinajstić information content (AvgIpc) is 2.36. The predicted octanol–water partition coefficient (Wildman–Crippen LogP) is 1.22. The molecule has 0 aliphatic heterocycles. The minimum atomic E-state index is -5.45. The van der Waals surface area contributed by atoms with Gasteiger partial charge in [0, 0.05) is 0 Å². The molecule has 0 saturated carbocycles. The Morgan fingerprint density at radius 1 is 1.14 bits per heavy atom. The Labute approximate surface area is 119 Å². The van der Waals surface area contributed by atoms with Gasteiger partial charge in [0.2, 0.25) is 10.0 Å². The van der Waals surface area contributed by atoms with Crippen LogP contribution < -0.4 is 4.83 Å². The number of hydrazine groups is 1. The second kappa shape index (κ2) is 6.13. The molecule has 0 aliphatic carbocycles. The second-order valence-corrected chi connectivity index (χ2v) is 7.23. The van der Waals surface area contributed by atoms with Crippen molar-refractivity contribution in [3.8, 4) is 0 Å². The molecule has 6 nitrogen and oxygen atoms in total. The molecule has 0 amide bonds. The van der Waals surface area contributed by atoms with Gasteiger partial charge in [0.05, 0.1) is 10.6 Å². The molecule has 118 valence electrons. The largest absolute Gasteiger partial charge is 0.488 e.